The van der Waals surface area contributed by atoms with Crippen molar-refractivity contribution in [2.24, 2.45) is 0 Å². The lowest BCUT2D eigenvalue weighted by molar-refractivity contribution is -0.137. The standard InChI is InChI=1S/C18H20F3N3O2/c1-24(2)15-9-3-12(4-10-15)16(25)11-22-17(26)23-14-7-5-13(6-8-14)18(19,20)21/h3-10,16,25H,11H2,1-2H3,(H2,22,23,26). The maximum atomic E-state index is 12.5. The molecule has 0 saturated carbocycles. The summed E-state index contributed by atoms with van der Waals surface area (Å²) in [5, 5.41) is 15.0. The molecule has 2 rings (SSSR count). The van der Waals surface area contributed by atoms with Gasteiger partial charge in [-0.15, -0.1) is 0 Å². The number of alkyl halides is 3. The minimum absolute atomic E-state index is 0.0339. The van der Waals surface area contributed by atoms with E-state index >= 15 is 0 Å². The Morgan fingerprint density at radius 1 is 1.08 bits per heavy atom. The first-order chi connectivity index (χ1) is 12.2. The molecule has 3 N–H and O–H groups in total. The van der Waals surface area contributed by atoms with Crippen LogP contribution in [0.4, 0.5) is 29.3 Å². The molecule has 0 radical (unpaired) electrons. The van der Waals surface area contributed by atoms with E-state index in [1.54, 1.807) is 12.1 Å². The van der Waals surface area contributed by atoms with Crippen LogP contribution < -0.4 is 15.5 Å². The predicted octanol–water partition coefficient (Wildman–Crippen LogP) is 3.63. The van der Waals surface area contributed by atoms with Gasteiger partial charge >= 0.3 is 12.2 Å². The Hall–Kier alpha value is -2.74. The van der Waals surface area contributed by atoms with E-state index in [1.165, 1.54) is 12.1 Å². The van der Waals surface area contributed by atoms with Crippen molar-refractivity contribution in [3.8, 4) is 0 Å². The third-order valence-electron chi connectivity index (χ3n) is 3.72. The SMILES string of the molecule is CN(C)c1ccc(C(O)CNC(=O)Nc2ccc(C(F)(F)F)cc2)cc1. The van der Waals surface area contributed by atoms with Crippen molar-refractivity contribution < 1.29 is 23.1 Å². The van der Waals surface area contributed by atoms with Crippen LogP contribution in [0.5, 0.6) is 0 Å². The molecule has 2 aromatic rings. The van der Waals surface area contributed by atoms with E-state index < -0.39 is 23.9 Å². The Labute approximate surface area is 149 Å². The summed E-state index contributed by atoms with van der Waals surface area (Å²) >= 11 is 0. The van der Waals surface area contributed by atoms with E-state index in [4.69, 9.17) is 0 Å². The Morgan fingerprint density at radius 3 is 2.15 bits per heavy atom. The number of urea groups is 1. The van der Waals surface area contributed by atoms with Crippen molar-refractivity contribution in [1.29, 1.82) is 0 Å². The monoisotopic (exact) mass is 367 g/mol. The first-order valence-electron chi connectivity index (χ1n) is 7.84. The zero-order chi connectivity index (χ0) is 19.3. The van der Waals surface area contributed by atoms with Crippen molar-refractivity contribution in [1.82, 2.24) is 5.32 Å². The van der Waals surface area contributed by atoms with Crippen LogP contribution in [0.2, 0.25) is 0 Å². The second-order valence-corrected chi connectivity index (χ2v) is 5.91. The number of amides is 2. The number of aliphatic hydroxyl groups is 1. The van der Waals surface area contributed by atoms with Gasteiger partial charge in [0.1, 0.15) is 0 Å². The molecule has 0 saturated heterocycles. The molecule has 0 aromatic heterocycles. The molecule has 5 nitrogen and oxygen atoms in total. The van der Waals surface area contributed by atoms with Crippen LogP contribution in [0, 0.1) is 0 Å². The molecule has 0 spiro atoms. The lowest BCUT2D eigenvalue weighted by Gasteiger charge is -2.16. The summed E-state index contributed by atoms with van der Waals surface area (Å²) in [4.78, 5) is 13.7. The van der Waals surface area contributed by atoms with Gasteiger partial charge in [0.2, 0.25) is 0 Å². The van der Waals surface area contributed by atoms with Crippen molar-refractivity contribution in [2.75, 3.05) is 30.9 Å². The van der Waals surface area contributed by atoms with Gasteiger partial charge in [0, 0.05) is 32.0 Å². The summed E-state index contributed by atoms with van der Waals surface area (Å²) < 4.78 is 37.5. The average Bonchev–Trinajstić information content (AvgIpc) is 2.59. The van der Waals surface area contributed by atoms with Crippen LogP contribution in [0.3, 0.4) is 0 Å². The zero-order valence-corrected chi connectivity index (χ0v) is 14.3. The van der Waals surface area contributed by atoms with Gasteiger partial charge in [-0.1, -0.05) is 12.1 Å². The van der Waals surface area contributed by atoms with E-state index in [9.17, 15) is 23.1 Å². The van der Waals surface area contributed by atoms with Crippen LogP contribution in [0.25, 0.3) is 0 Å². The highest BCUT2D eigenvalue weighted by Gasteiger charge is 2.29. The third kappa shape index (κ3) is 5.38. The Bertz CT molecular complexity index is 729. The van der Waals surface area contributed by atoms with Crippen LogP contribution in [0.15, 0.2) is 48.5 Å². The normalized spacial score (nSPS) is 12.4. The molecule has 0 bridgehead atoms. The van der Waals surface area contributed by atoms with Crippen LogP contribution in [-0.2, 0) is 6.18 Å². The number of halogens is 3. The van der Waals surface area contributed by atoms with E-state index in [0.717, 1.165) is 17.8 Å². The molecule has 1 unspecified atom stereocenters. The number of rotatable bonds is 5. The smallest absolute Gasteiger partial charge is 0.387 e. The zero-order valence-electron chi connectivity index (χ0n) is 14.3. The van der Waals surface area contributed by atoms with Crippen molar-refractivity contribution in [3.63, 3.8) is 0 Å². The molecule has 0 aliphatic rings. The highest BCUT2D eigenvalue weighted by molar-refractivity contribution is 5.89. The molecule has 1 atom stereocenters. The highest BCUT2D eigenvalue weighted by Crippen LogP contribution is 2.29. The molecule has 2 aromatic carbocycles. The number of hydrogen-bond acceptors (Lipinski definition) is 3. The van der Waals surface area contributed by atoms with Crippen LogP contribution >= 0.6 is 0 Å². The number of benzene rings is 2. The Kier molecular flexibility index (Phi) is 6.10. The van der Waals surface area contributed by atoms with Crippen molar-refractivity contribution in [2.45, 2.75) is 12.3 Å². The topological polar surface area (TPSA) is 64.6 Å². The predicted molar refractivity (Wildman–Crippen MR) is 94.2 cm³/mol. The fourth-order valence-electron chi connectivity index (χ4n) is 2.22. The fourth-order valence-corrected chi connectivity index (χ4v) is 2.22. The van der Waals surface area contributed by atoms with Crippen molar-refractivity contribution >= 4 is 17.4 Å². The molecule has 140 valence electrons. The summed E-state index contributed by atoms with van der Waals surface area (Å²) in [5.41, 5.74) is 1.06. The first kappa shape index (κ1) is 19.6. The van der Waals surface area contributed by atoms with Crippen LogP contribution in [0.1, 0.15) is 17.2 Å². The minimum Gasteiger partial charge on any atom is -0.387 e. The number of aliphatic hydroxyl groups excluding tert-OH is 1. The molecule has 2 amide bonds. The molecule has 26 heavy (non-hydrogen) atoms. The van der Waals surface area contributed by atoms with Gasteiger partial charge in [0.25, 0.3) is 0 Å². The number of anilines is 2. The van der Waals surface area contributed by atoms with Gasteiger partial charge in [0.15, 0.2) is 0 Å². The summed E-state index contributed by atoms with van der Waals surface area (Å²) in [5.74, 6) is 0. The number of nitrogens with one attached hydrogen (secondary N) is 2. The van der Waals surface area contributed by atoms with Gasteiger partial charge in [-0.3, -0.25) is 0 Å². The number of nitrogens with zero attached hydrogens (tertiary/aromatic N) is 1. The second kappa shape index (κ2) is 8.09. The van der Waals surface area contributed by atoms with Crippen molar-refractivity contribution in [3.05, 3.63) is 59.7 Å². The van der Waals surface area contributed by atoms with E-state index in [0.29, 0.717) is 5.56 Å². The number of carbonyl (C=O) groups is 1. The number of carbonyl (C=O) groups excluding carboxylic acids is 1. The molecule has 0 fully saturated rings. The summed E-state index contributed by atoms with van der Waals surface area (Å²) in [6.45, 7) is -0.0339. The molecule has 0 aliphatic carbocycles. The third-order valence-corrected chi connectivity index (χ3v) is 3.72. The van der Waals surface area contributed by atoms with Gasteiger partial charge in [-0.25, -0.2) is 4.79 Å². The lowest BCUT2D eigenvalue weighted by atomic mass is 10.1. The molecular formula is C18H20F3N3O2. The average molecular weight is 367 g/mol. The van der Waals surface area contributed by atoms with E-state index in [2.05, 4.69) is 10.6 Å². The largest absolute Gasteiger partial charge is 0.416 e. The molecule has 0 heterocycles. The highest BCUT2D eigenvalue weighted by atomic mass is 19.4. The lowest BCUT2D eigenvalue weighted by Crippen LogP contribution is -2.32. The minimum atomic E-state index is -4.42. The first-order valence-corrected chi connectivity index (χ1v) is 7.84. The Balaban J connectivity index is 1.86. The summed E-state index contributed by atoms with van der Waals surface area (Å²) in [6.07, 6.45) is -5.32. The quantitative estimate of drug-likeness (QED) is 0.756. The molecule has 0 aliphatic heterocycles. The van der Waals surface area contributed by atoms with Gasteiger partial charge in [0.05, 0.1) is 11.7 Å². The molecule has 8 heteroatoms. The van der Waals surface area contributed by atoms with Gasteiger partial charge in [-0.05, 0) is 42.0 Å². The second-order valence-electron chi connectivity index (χ2n) is 5.91. The Morgan fingerprint density at radius 2 is 1.65 bits per heavy atom. The maximum absolute atomic E-state index is 12.5. The van der Waals surface area contributed by atoms with E-state index in [-0.39, 0.29) is 12.2 Å². The number of hydrogen-bond donors (Lipinski definition) is 3. The molecular weight excluding hydrogens is 347 g/mol. The van der Waals surface area contributed by atoms with Gasteiger partial charge < -0.3 is 20.6 Å². The fraction of sp³-hybridized carbons (Fsp3) is 0.278. The summed E-state index contributed by atoms with van der Waals surface area (Å²) in [6, 6.07) is 10.7. The van der Waals surface area contributed by atoms with E-state index in [1.807, 2.05) is 31.1 Å². The summed E-state index contributed by atoms with van der Waals surface area (Å²) in [7, 11) is 3.80. The van der Waals surface area contributed by atoms with Gasteiger partial charge in [-0.2, -0.15) is 13.2 Å². The van der Waals surface area contributed by atoms with Crippen LogP contribution in [-0.4, -0.2) is 31.8 Å². The maximum Gasteiger partial charge on any atom is 0.416 e.